The number of carbonyl (C=O) groups excluding carboxylic acids is 1. The third-order valence-electron chi connectivity index (χ3n) is 5.09. The Labute approximate surface area is 190 Å². The SMILES string of the molecule is COc1ccc(NC(=O)Cn2c(/C=C/c3cccc(OC)c3)nc3ccccc3c2=O)cc1. The Bertz CT molecular complexity index is 1370. The maximum Gasteiger partial charge on any atom is 0.262 e. The molecule has 7 nitrogen and oxygen atoms in total. The summed E-state index contributed by atoms with van der Waals surface area (Å²) in [5.74, 6) is 1.45. The monoisotopic (exact) mass is 441 g/mol. The molecule has 0 unspecified atom stereocenters. The Morgan fingerprint density at radius 2 is 1.70 bits per heavy atom. The molecule has 0 spiro atoms. The van der Waals surface area contributed by atoms with Crippen molar-refractivity contribution in [3.8, 4) is 11.5 Å². The van der Waals surface area contributed by atoms with Crippen LogP contribution in [0.4, 0.5) is 5.69 Å². The van der Waals surface area contributed by atoms with E-state index in [4.69, 9.17) is 9.47 Å². The van der Waals surface area contributed by atoms with Crippen LogP contribution >= 0.6 is 0 Å². The van der Waals surface area contributed by atoms with Crippen molar-refractivity contribution < 1.29 is 14.3 Å². The van der Waals surface area contributed by atoms with E-state index in [0.29, 0.717) is 28.2 Å². The number of benzene rings is 3. The molecule has 0 saturated heterocycles. The van der Waals surface area contributed by atoms with E-state index >= 15 is 0 Å². The number of aromatic nitrogens is 2. The summed E-state index contributed by atoms with van der Waals surface area (Å²) in [5, 5.41) is 3.26. The first-order chi connectivity index (χ1) is 16.1. The number of amides is 1. The van der Waals surface area contributed by atoms with E-state index in [1.807, 2.05) is 36.4 Å². The fourth-order valence-electron chi connectivity index (χ4n) is 3.40. The van der Waals surface area contributed by atoms with Crippen LogP contribution in [-0.4, -0.2) is 29.7 Å². The van der Waals surface area contributed by atoms with Crippen molar-refractivity contribution in [2.45, 2.75) is 6.54 Å². The molecule has 0 bridgehead atoms. The summed E-state index contributed by atoms with van der Waals surface area (Å²) in [6, 6.07) is 21.6. The highest BCUT2D eigenvalue weighted by atomic mass is 16.5. The van der Waals surface area contributed by atoms with Crippen molar-refractivity contribution in [3.63, 3.8) is 0 Å². The second-order valence-electron chi connectivity index (χ2n) is 7.27. The highest BCUT2D eigenvalue weighted by molar-refractivity contribution is 5.91. The fourth-order valence-corrected chi connectivity index (χ4v) is 3.40. The van der Waals surface area contributed by atoms with Crippen molar-refractivity contribution in [2.24, 2.45) is 0 Å². The fraction of sp³-hybridized carbons (Fsp3) is 0.115. The van der Waals surface area contributed by atoms with E-state index in [2.05, 4.69) is 10.3 Å². The second-order valence-corrected chi connectivity index (χ2v) is 7.27. The van der Waals surface area contributed by atoms with Crippen molar-refractivity contribution >= 4 is 34.6 Å². The minimum atomic E-state index is -0.338. The molecule has 0 saturated carbocycles. The Morgan fingerprint density at radius 1 is 0.939 bits per heavy atom. The van der Waals surface area contributed by atoms with Crippen LogP contribution in [0, 0.1) is 0 Å². The van der Waals surface area contributed by atoms with Crippen LogP contribution in [0.25, 0.3) is 23.1 Å². The summed E-state index contributed by atoms with van der Waals surface area (Å²) in [6.07, 6.45) is 3.56. The number of nitrogens with zero attached hydrogens (tertiary/aromatic N) is 2. The lowest BCUT2D eigenvalue weighted by Gasteiger charge is -2.12. The van der Waals surface area contributed by atoms with Gasteiger partial charge in [-0.3, -0.25) is 14.2 Å². The first-order valence-corrected chi connectivity index (χ1v) is 10.3. The Balaban J connectivity index is 1.67. The molecule has 1 amide bonds. The molecule has 166 valence electrons. The molecule has 4 rings (SSSR count). The minimum Gasteiger partial charge on any atom is -0.497 e. The lowest BCUT2D eigenvalue weighted by Crippen LogP contribution is -2.30. The zero-order valence-electron chi connectivity index (χ0n) is 18.3. The number of hydrogen-bond acceptors (Lipinski definition) is 5. The average Bonchev–Trinajstić information content (AvgIpc) is 2.85. The Hall–Kier alpha value is -4.39. The lowest BCUT2D eigenvalue weighted by molar-refractivity contribution is -0.116. The molecule has 0 atom stereocenters. The third kappa shape index (κ3) is 5.10. The maximum atomic E-state index is 13.2. The maximum absolute atomic E-state index is 13.2. The van der Waals surface area contributed by atoms with Gasteiger partial charge in [-0.25, -0.2) is 4.98 Å². The second kappa shape index (κ2) is 9.82. The highest BCUT2D eigenvalue weighted by Gasteiger charge is 2.13. The van der Waals surface area contributed by atoms with Gasteiger partial charge in [0.1, 0.15) is 23.9 Å². The molecule has 7 heteroatoms. The molecule has 0 fully saturated rings. The highest BCUT2D eigenvalue weighted by Crippen LogP contribution is 2.17. The predicted octanol–water partition coefficient (Wildman–Crippen LogP) is 4.22. The van der Waals surface area contributed by atoms with Crippen LogP contribution in [0.3, 0.4) is 0 Å². The lowest BCUT2D eigenvalue weighted by atomic mass is 10.2. The van der Waals surface area contributed by atoms with Gasteiger partial charge in [0.05, 0.1) is 25.1 Å². The van der Waals surface area contributed by atoms with Gasteiger partial charge in [0.2, 0.25) is 5.91 Å². The number of methoxy groups -OCH3 is 2. The van der Waals surface area contributed by atoms with Crippen LogP contribution in [-0.2, 0) is 11.3 Å². The van der Waals surface area contributed by atoms with E-state index < -0.39 is 0 Å². The zero-order valence-corrected chi connectivity index (χ0v) is 18.3. The van der Waals surface area contributed by atoms with Gasteiger partial charge < -0.3 is 14.8 Å². The first-order valence-electron chi connectivity index (χ1n) is 10.3. The summed E-state index contributed by atoms with van der Waals surface area (Å²) >= 11 is 0. The molecule has 0 aliphatic heterocycles. The van der Waals surface area contributed by atoms with Gasteiger partial charge in [-0.05, 0) is 60.2 Å². The summed E-state index contributed by atoms with van der Waals surface area (Å²) in [5.41, 5.74) is 1.78. The Kier molecular flexibility index (Phi) is 6.50. The van der Waals surface area contributed by atoms with Crippen LogP contribution < -0.4 is 20.3 Å². The van der Waals surface area contributed by atoms with Crippen molar-refractivity contribution in [2.75, 3.05) is 19.5 Å². The normalized spacial score (nSPS) is 11.0. The van der Waals surface area contributed by atoms with E-state index in [1.165, 1.54) is 4.57 Å². The van der Waals surface area contributed by atoms with Crippen LogP contribution in [0.15, 0.2) is 77.6 Å². The number of carbonyl (C=O) groups is 1. The number of rotatable bonds is 7. The van der Waals surface area contributed by atoms with Crippen molar-refractivity contribution in [1.29, 1.82) is 0 Å². The van der Waals surface area contributed by atoms with E-state index in [-0.39, 0.29) is 18.0 Å². The number of para-hydroxylation sites is 1. The average molecular weight is 441 g/mol. The molecule has 0 radical (unpaired) electrons. The van der Waals surface area contributed by atoms with Gasteiger partial charge in [0, 0.05) is 5.69 Å². The molecular formula is C26H23N3O4. The molecule has 3 aromatic carbocycles. The van der Waals surface area contributed by atoms with Crippen molar-refractivity contribution in [3.05, 3.63) is 94.5 Å². The van der Waals surface area contributed by atoms with Crippen molar-refractivity contribution in [1.82, 2.24) is 9.55 Å². The van der Waals surface area contributed by atoms with Gasteiger partial charge in [0.25, 0.3) is 5.56 Å². The quantitative estimate of drug-likeness (QED) is 0.464. The van der Waals surface area contributed by atoms with Gasteiger partial charge in [-0.15, -0.1) is 0 Å². The summed E-state index contributed by atoms with van der Waals surface area (Å²) in [4.78, 5) is 30.6. The standard InChI is InChI=1S/C26H23N3O4/c1-32-20-13-11-19(12-14-20)27-25(30)17-29-24(15-10-18-6-5-7-21(16-18)33-2)28-23-9-4-3-8-22(23)26(29)31/h3-16H,17H2,1-2H3,(H,27,30)/b15-10+. The molecule has 4 aromatic rings. The number of hydrogen-bond donors (Lipinski definition) is 1. The molecule has 0 aliphatic rings. The van der Waals surface area contributed by atoms with Gasteiger partial charge >= 0.3 is 0 Å². The number of fused-ring (bicyclic) bond motifs is 1. The van der Waals surface area contributed by atoms with Crippen LogP contribution in [0.1, 0.15) is 11.4 Å². The zero-order chi connectivity index (χ0) is 23.2. The van der Waals surface area contributed by atoms with Crippen LogP contribution in [0.2, 0.25) is 0 Å². The topological polar surface area (TPSA) is 82.4 Å². The first kappa shape index (κ1) is 21.8. The number of anilines is 1. The van der Waals surface area contributed by atoms with E-state index in [1.54, 1.807) is 62.8 Å². The predicted molar refractivity (Wildman–Crippen MR) is 130 cm³/mol. The van der Waals surface area contributed by atoms with Crippen LogP contribution in [0.5, 0.6) is 11.5 Å². The van der Waals surface area contributed by atoms with Gasteiger partial charge in [0.15, 0.2) is 0 Å². The Morgan fingerprint density at radius 3 is 2.45 bits per heavy atom. The molecular weight excluding hydrogens is 418 g/mol. The summed E-state index contributed by atoms with van der Waals surface area (Å²) in [7, 11) is 3.18. The molecule has 1 aromatic heterocycles. The van der Waals surface area contributed by atoms with E-state index in [9.17, 15) is 9.59 Å². The number of nitrogens with one attached hydrogen (secondary N) is 1. The molecule has 1 heterocycles. The smallest absolute Gasteiger partial charge is 0.262 e. The molecule has 0 aliphatic carbocycles. The largest absolute Gasteiger partial charge is 0.497 e. The summed E-state index contributed by atoms with van der Waals surface area (Å²) < 4.78 is 11.8. The molecule has 33 heavy (non-hydrogen) atoms. The summed E-state index contributed by atoms with van der Waals surface area (Å²) in [6.45, 7) is -0.180. The minimum absolute atomic E-state index is 0.180. The number of ether oxygens (including phenoxy) is 2. The molecule has 1 N–H and O–H groups in total. The van der Waals surface area contributed by atoms with Gasteiger partial charge in [-0.1, -0.05) is 30.3 Å². The third-order valence-corrected chi connectivity index (χ3v) is 5.09. The van der Waals surface area contributed by atoms with Gasteiger partial charge in [-0.2, -0.15) is 0 Å². The van der Waals surface area contributed by atoms with E-state index in [0.717, 1.165) is 11.3 Å².